The van der Waals surface area contributed by atoms with Crippen LogP contribution in [0.25, 0.3) is 0 Å². The van der Waals surface area contributed by atoms with Gasteiger partial charge >= 0.3 is 5.97 Å². The van der Waals surface area contributed by atoms with E-state index < -0.39 is 0 Å². The molecule has 0 aromatic rings. The molecule has 1 fully saturated rings. The van der Waals surface area contributed by atoms with Crippen LogP contribution in [0.1, 0.15) is 39.5 Å². The highest BCUT2D eigenvalue weighted by Crippen LogP contribution is 2.14. The van der Waals surface area contributed by atoms with Crippen LogP contribution in [-0.4, -0.2) is 25.7 Å². The first-order valence-electron chi connectivity index (χ1n) is 6.05. The Balaban J connectivity index is 1.98. The highest BCUT2D eigenvalue weighted by atomic mass is 16.5. The smallest absolute Gasteiger partial charge is 0.305 e. The normalized spacial score (nSPS) is 20.9. The number of nitrogens with one attached hydrogen (secondary N) is 1. The molecule has 0 aromatic heterocycles. The average molecular weight is 213 g/mol. The summed E-state index contributed by atoms with van der Waals surface area (Å²) in [6.45, 7) is 7.03. The average Bonchev–Trinajstić information content (AvgIpc) is 2.66. The van der Waals surface area contributed by atoms with Crippen LogP contribution in [0.5, 0.6) is 0 Å². The van der Waals surface area contributed by atoms with Crippen molar-refractivity contribution in [1.82, 2.24) is 5.32 Å². The van der Waals surface area contributed by atoms with E-state index in [1.54, 1.807) is 0 Å². The minimum Gasteiger partial charge on any atom is -0.466 e. The number of ether oxygens (including phenoxy) is 1. The van der Waals surface area contributed by atoms with Gasteiger partial charge in [-0.05, 0) is 44.2 Å². The Hall–Kier alpha value is -0.570. The molecule has 3 heteroatoms. The van der Waals surface area contributed by atoms with E-state index in [4.69, 9.17) is 4.74 Å². The molecule has 0 radical (unpaired) electrons. The summed E-state index contributed by atoms with van der Waals surface area (Å²) >= 11 is 0. The zero-order chi connectivity index (χ0) is 11.1. The van der Waals surface area contributed by atoms with Crippen molar-refractivity contribution in [2.75, 3.05) is 19.7 Å². The molecule has 15 heavy (non-hydrogen) atoms. The minimum atomic E-state index is -0.0254. The van der Waals surface area contributed by atoms with Crippen molar-refractivity contribution in [2.24, 2.45) is 11.8 Å². The van der Waals surface area contributed by atoms with Crippen LogP contribution < -0.4 is 5.32 Å². The molecule has 0 saturated carbocycles. The lowest BCUT2D eigenvalue weighted by molar-refractivity contribution is -0.144. The number of esters is 1. The quantitative estimate of drug-likeness (QED) is 0.685. The van der Waals surface area contributed by atoms with Crippen molar-refractivity contribution in [1.29, 1.82) is 0 Å². The van der Waals surface area contributed by atoms with Gasteiger partial charge in [0.1, 0.15) is 0 Å². The van der Waals surface area contributed by atoms with Gasteiger partial charge in [-0.3, -0.25) is 4.79 Å². The van der Waals surface area contributed by atoms with Gasteiger partial charge in [-0.1, -0.05) is 13.8 Å². The lowest BCUT2D eigenvalue weighted by Gasteiger charge is -2.09. The number of hydrogen-bond acceptors (Lipinski definition) is 3. The van der Waals surface area contributed by atoms with Crippen LogP contribution in [-0.2, 0) is 9.53 Å². The predicted molar refractivity (Wildman–Crippen MR) is 60.6 cm³/mol. The summed E-state index contributed by atoms with van der Waals surface area (Å²) in [7, 11) is 0. The number of carbonyl (C=O) groups is 1. The summed E-state index contributed by atoms with van der Waals surface area (Å²) in [6.07, 6.45) is 3.74. The molecule has 1 N–H and O–H groups in total. The molecule has 88 valence electrons. The van der Waals surface area contributed by atoms with Crippen LogP contribution in [0.3, 0.4) is 0 Å². The Labute approximate surface area is 92.6 Å². The fourth-order valence-electron chi connectivity index (χ4n) is 1.76. The molecule has 1 atom stereocenters. The minimum absolute atomic E-state index is 0.0254. The molecular formula is C12H23NO2. The van der Waals surface area contributed by atoms with Gasteiger partial charge in [0.15, 0.2) is 0 Å². The predicted octanol–water partition coefficient (Wildman–Crippen LogP) is 1.97. The van der Waals surface area contributed by atoms with Crippen molar-refractivity contribution in [3.63, 3.8) is 0 Å². The Morgan fingerprint density at radius 3 is 2.93 bits per heavy atom. The molecule has 1 aliphatic heterocycles. The fraction of sp³-hybridized carbons (Fsp3) is 0.917. The van der Waals surface area contributed by atoms with Crippen molar-refractivity contribution in [3.05, 3.63) is 0 Å². The summed E-state index contributed by atoms with van der Waals surface area (Å²) in [4.78, 5) is 11.3. The molecule has 0 spiro atoms. The number of hydrogen-bond donors (Lipinski definition) is 1. The van der Waals surface area contributed by atoms with Crippen LogP contribution in [0.2, 0.25) is 0 Å². The molecular weight excluding hydrogens is 190 g/mol. The lowest BCUT2D eigenvalue weighted by Crippen LogP contribution is -2.12. The zero-order valence-corrected chi connectivity index (χ0v) is 9.92. The maximum absolute atomic E-state index is 11.3. The maximum atomic E-state index is 11.3. The van der Waals surface area contributed by atoms with E-state index in [1.807, 2.05) is 0 Å². The third-order valence-electron chi connectivity index (χ3n) is 2.88. The second-order valence-electron chi connectivity index (χ2n) is 4.80. The van der Waals surface area contributed by atoms with Crippen molar-refractivity contribution >= 4 is 5.97 Å². The third-order valence-corrected chi connectivity index (χ3v) is 2.88. The molecule has 1 heterocycles. The molecule has 1 saturated heterocycles. The topological polar surface area (TPSA) is 38.3 Å². The van der Waals surface area contributed by atoms with E-state index in [9.17, 15) is 4.79 Å². The van der Waals surface area contributed by atoms with Crippen LogP contribution in [0.4, 0.5) is 0 Å². The Morgan fingerprint density at radius 2 is 2.33 bits per heavy atom. The van der Waals surface area contributed by atoms with E-state index in [-0.39, 0.29) is 5.97 Å². The summed E-state index contributed by atoms with van der Waals surface area (Å²) in [5, 5.41) is 3.30. The summed E-state index contributed by atoms with van der Waals surface area (Å²) in [5.74, 6) is 1.27. The number of rotatable bonds is 6. The van der Waals surface area contributed by atoms with Gasteiger partial charge in [0.25, 0.3) is 0 Å². The van der Waals surface area contributed by atoms with Gasteiger partial charge in [0.05, 0.1) is 6.61 Å². The molecule has 0 amide bonds. The van der Waals surface area contributed by atoms with E-state index in [1.165, 1.54) is 6.42 Å². The molecule has 0 bridgehead atoms. The van der Waals surface area contributed by atoms with Crippen LogP contribution in [0, 0.1) is 11.8 Å². The summed E-state index contributed by atoms with van der Waals surface area (Å²) in [5.41, 5.74) is 0. The Bertz CT molecular complexity index is 186. The van der Waals surface area contributed by atoms with Crippen molar-refractivity contribution in [2.45, 2.75) is 39.5 Å². The summed E-state index contributed by atoms with van der Waals surface area (Å²) in [6, 6.07) is 0. The Kier molecular flexibility index (Phi) is 5.69. The third kappa shape index (κ3) is 5.78. The highest BCUT2D eigenvalue weighted by Gasteiger charge is 2.15. The van der Waals surface area contributed by atoms with Crippen molar-refractivity contribution < 1.29 is 9.53 Å². The fourth-order valence-corrected chi connectivity index (χ4v) is 1.76. The maximum Gasteiger partial charge on any atom is 0.305 e. The van der Waals surface area contributed by atoms with Crippen LogP contribution >= 0.6 is 0 Å². The van der Waals surface area contributed by atoms with Gasteiger partial charge in [0.2, 0.25) is 0 Å². The highest BCUT2D eigenvalue weighted by molar-refractivity contribution is 5.69. The van der Waals surface area contributed by atoms with Crippen molar-refractivity contribution in [3.8, 4) is 0 Å². The van der Waals surface area contributed by atoms with Crippen LogP contribution in [0.15, 0.2) is 0 Å². The second-order valence-corrected chi connectivity index (χ2v) is 4.80. The van der Waals surface area contributed by atoms with Gasteiger partial charge < -0.3 is 10.1 Å². The van der Waals surface area contributed by atoms with Gasteiger partial charge in [-0.2, -0.15) is 0 Å². The zero-order valence-electron chi connectivity index (χ0n) is 9.92. The van der Waals surface area contributed by atoms with E-state index in [0.29, 0.717) is 24.9 Å². The monoisotopic (exact) mass is 213 g/mol. The molecule has 3 nitrogen and oxygen atoms in total. The molecule has 0 aliphatic carbocycles. The molecule has 1 unspecified atom stereocenters. The first-order chi connectivity index (χ1) is 7.18. The summed E-state index contributed by atoms with van der Waals surface area (Å²) < 4.78 is 5.15. The first-order valence-corrected chi connectivity index (χ1v) is 6.05. The standard InChI is InChI=1S/C12H23NO2/c1-10(2)6-8-15-12(14)4-3-11-5-7-13-9-11/h10-11,13H,3-9H2,1-2H3. The molecule has 0 aromatic carbocycles. The largest absolute Gasteiger partial charge is 0.466 e. The number of carbonyl (C=O) groups excluding carboxylic acids is 1. The lowest BCUT2D eigenvalue weighted by atomic mass is 10.0. The Morgan fingerprint density at radius 1 is 1.53 bits per heavy atom. The molecule has 1 aliphatic rings. The van der Waals surface area contributed by atoms with Gasteiger partial charge in [-0.15, -0.1) is 0 Å². The molecule has 1 rings (SSSR count). The first kappa shape index (κ1) is 12.5. The van der Waals surface area contributed by atoms with Gasteiger partial charge in [-0.25, -0.2) is 0 Å². The van der Waals surface area contributed by atoms with E-state index >= 15 is 0 Å². The SMILES string of the molecule is CC(C)CCOC(=O)CCC1CCNC1. The van der Waals surface area contributed by atoms with E-state index in [0.717, 1.165) is 25.9 Å². The van der Waals surface area contributed by atoms with E-state index in [2.05, 4.69) is 19.2 Å². The second kappa shape index (κ2) is 6.83. The van der Waals surface area contributed by atoms with Gasteiger partial charge in [0, 0.05) is 6.42 Å².